The first-order valence-corrected chi connectivity index (χ1v) is 5.56. The van der Waals surface area contributed by atoms with E-state index >= 15 is 0 Å². The summed E-state index contributed by atoms with van der Waals surface area (Å²) in [5.74, 6) is 0.751. The second-order valence-corrected chi connectivity index (χ2v) is 4.33. The van der Waals surface area contributed by atoms with Crippen LogP contribution in [0, 0.1) is 6.92 Å². The lowest BCUT2D eigenvalue weighted by molar-refractivity contribution is 0.173. The summed E-state index contributed by atoms with van der Waals surface area (Å²) in [5.41, 5.74) is 1.82. The van der Waals surface area contributed by atoms with Crippen LogP contribution >= 0.6 is 15.9 Å². The topological polar surface area (TPSA) is 41.5 Å². The van der Waals surface area contributed by atoms with Crippen LogP contribution in [0.5, 0.6) is 5.75 Å². The molecule has 0 saturated carbocycles. The van der Waals surface area contributed by atoms with Crippen molar-refractivity contribution in [1.82, 2.24) is 5.32 Å². The number of benzene rings is 1. The highest BCUT2D eigenvalue weighted by atomic mass is 79.9. The lowest BCUT2D eigenvalue weighted by Gasteiger charge is -2.16. The predicted octanol–water partition coefficient (Wildman–Crippen LogP) is 2.02. The average Bonchev–Trinajstić information content (AvgIpc) is 2.17. The van der Waals surface area contributed by atoms with Gasteiger partial charge < -0.3 is 15.2 Å². The van der Waals surface area contributed by atoms with Gasteiger partial charge in [0.15, 0.2) is 0 Å². The van der Waals surface area contributed by atoms with E-state index in [2.05, 4.69) is 21.2 Å². The number of aliphatic hydroxyl groups is 1. The molecule has 3 nitrogen and oxygen atoms in total. The molecule has 1 atom stereocenters. The highest BCUT2D eigenvalue weighted by Gasteiger charge is 2.15. The molecule has 0 fully saturated rings. The molecule has 0 radical (unpaired) electrons. The van der Waals surface area contributed by atoms with Gasteiger partial charge in [-0.2, -0.15) is 0 Å². The number of halogens is 1. The number of methoxy groups -OCH3 is 1. The third-order valence-corrected chi connectivity index (χ3v) is 2.69. The average molecular weight is 274 g/mol. The molecule has 0 aromatic heterocycles. The SMILES string of the molecule is CNCC(O)c1cc(Br)cc(C)c1OC. The molecule has 0 aliphatic carbocycles. The highest BCUT2D eigenvalue weighted by Crippen LogP contribution is 2.31. The molecule has 84 valence electrons. The van der Waals surface area contributed by atoms with Crippen molar-refractivity contribution in [2.75, 3.05) is 20.7 Å². The van der Waals surface area contributed by atoms with Gasteiger partial charge in [-0.3, -0.25) is 0 Å². The Labute approximate surface area is 98.6 Å². The number of hydrogen-bond donors (Lipinski definition) is 2. The summed E-state index contributed by atoms with van der Waals surface area (Å²) in [5, 5.41) is 12.9. The molecule has 1 unspecified atom stereocenters. The maximum atomic E-state index is 9.92. The van der Waals surface area contributed by atoms with Crippen LogP contribution < -0.4 is 10.1 Å². The van der Waals surface area contributed by atoms with Crippen molar-refractivity contribution in [3.05, 3.63) is 27.7 Å². The Balaban J connectivity index is 3.13. The van der Waals surface area contributed by atoms with Crippen molar-refractivity contribution < 1.29 is 9.84 Å². The van der Waals surface area contributed by atoms with Gasteiger partial charge in [-0.1, -0.05) is 15.9 Å². The highest BCUT2D eigenvalue weighted by molar-refractivity contribution is 9.10. The van der Waals surface area contributed by atoms with Crippen LogP contribution in [0.25, 0.3) is 0 Å². The second kappa shape index (κ2) is 5.49. The zero-order valence-electron chi connectivity index (χ0n) is 9.17. The van der Waals surface area contributed by atoms with Crippen LogP contribution in [0.1, 0.15) is 17.2 Å². The van der Waals surface area contributed by atoms with E-state index in [0.29, 0.717) is 6.54 Å². The maximum absolute atomic E-state index is 9.92. The molecule has 0 amide bonds. The van der Waals surface area contributed by atoms with E-state index in [0.717, 1.165) is 21.3 Å². The van der Waals surface area contributed by atoms with E-state index in [9.17, 15) is 5.11 Å². The van der Waals surface area contributed by atoms with Crippen molar-refractivity contribution >= 4 is 15.9 Å². The molecule has 0 heterocycles. The summed E-state index contributed by atoms with van der Waals surface area (Å²) in [7, 11) is 3.42. The van der Waals surface area contributed by atoms with Gasteiger partial charge in [0.25, 0.3) is 0 Å². The molecular formula is C11H16BrNO2. The fourth-order valence-corrected chi connectivity index (χ4v) is 2.18. The molecule has 15 heavy (non-hydrogen) atoms. The van der Waals surface area contributed by atoms with Gasteiger partial charge in [0.2, 0.25) is 0 Å². The van der Waals surface area contributed by atoms with Gasteiger partial charge in [-0.15, -0.1) is 0 Å². The standard InChI is InChI=1S/C11H16BrNO2/c1-7-4-8(12)5-9(11(7)15-3)10(14)6-13-2/h4-5,10,13-14H,6H2,1-3H3. The van der Waals surface area contributed by atoms with Gasteiger partial charge in [-0.05, 0) is 31.7 Å². The number of likely N-dealkylation sites (N-methyl/N-ethyl adjacent to an activating group) is 1. The molecule has 0 aliphatic rings. The number of hydrogen-bond acceptors (Lipinski definition) is 3. The number of nitrogens with one attached hydrogen (secondary N) is 1. The Morgan fingerprint density at radius 2 is 2.20 bits per heavy atom. The molecule has 1 aromatic carbocycles. The quantitative estimate of drug-likeness (QED) is 0.882. The number of ether oxygens (including phenoxy) is 1. The number of aliphatic hydroxyl groups excluding tert-OH is 1. The Kier molecular flexibility index (Phi) is 4.57. The number of rotatable bonds is 4. The van der Waals surface area contributed by atoms with Crippen molar-refractivity contribution in [3.63, 3.8) is 0 Å². The fraction of sp³-hybridized carbons (Fsp3) is 0.455. The summed E-state index contributed by atoms with van der Waals surface area (Å²) in [6.07, 6.45) is -0.554. The molecule has 0 bridgehead atoms. The van der Waals surface area contributed by atoms with Gasteiger partial charge in [-0.25, -0.2) is 0 Å². The van der Waals surface area contributed by atoms with Crippen LogP contribution in [-0.4, -0.2) is 25.8 Å². The Bertz CT molecular complexity index is 342. The van der Waals surface area contributed by atoms with E-state index in [1.165, 1.54) is 0 Å². The summed E-state index contributed by atoms with van der Waals surface area (Å²) in [4.78, 5) is 0. The van der Waals surface area contributed by atoms with Crippen LogP contribution in [0.4, 0.5) is 0 Å². The molecule has 1 aromatic rings. The minimum Gasteiger partial charge on any atom is -0.496 e. The third-order valence-electron chi connectivity index (χ3n) is 2.23. The van der Waals surface area contributed by atoms with Gasteiger partial charge in [0, 0.05) is 16.6 Å². The van der Waals surface area contributed by atoms with Crippen LogP contribution in [-0.2, 0) is 0 Å². The first-order chi connectivity index (χ1) is 7.10. The zero-order valence-corrected chi connectivity index (χ0v) is 10.8. The monoisotopic (exact) mass is 273 g/mol. The van der Waals surface area contributed by atoms with Crippen LogP contribution in [0.2, 0.25) is 0 Å². The van der Waals surface area contributed by atoms with E-state index in [1.807, 2.05) is 19.1 Å². The molecule has 2 N–H and O–H groups in total. The first-order valence-electron chi connectivity index (χ1n) is 4.76. The van der Waals surface area contributed by atoms with E-state index in [4.69, 9.17) is 4.74 Å². The van der Waals surface area contributed by atoms with Crippen LogP contribution in [0.3, 0.4) is 0 Å². The largest absolute Gasteiger partial charge is 0.496 e. The second-order valence-electron chi connectivity index (χ2n) is 3.42. The molecule has 0 saturated heterocycles. The van der Waals surface area contributed by atoms with Gasteiger partial charge in [0.05, 0.1) is 13.2 Å². The normalized spacial score (nSPS) is 12.6. The Hall–Kier alpha value is -0.580. The van der Waals surface area contributed by atoms with Crippen molar-refractivity contribution in [2.45, 2.75) is 13.0 Å². The van der Waals surface area contributed by atoms with E-state index in [1.54, 1.807) is 14.2 Å². The molecular weight excluding hydrogens is 258 g/mol. The smallest absolute Gasteiger partial charge is 0.127 e. The molecule has 0 aliphatic heterocycles. The minimum absolute atomic E-state index is 0.506. The van der Waals surface area contributed by atoms with Crippen LogP contribution in [0.15, 0.2) is 16.6 Å². The van der Waals surface area contributed by atoms with Crippen molar-refractivity contribution in [2.24, 2.45) is 0 Å². The lowest BCUT2D eigenvalue weighted by Crippen LogP contribution is -2.17. The Morgan fingerprint density at radius 3 is 2.73 bits per heavy atom. The van der Waals surface area contributed by atoms with Gasteiger partial charge in [0.1, 0.15) is 5.75 Å². The lowest BCUT2D eigenvalue weighted by atomic mass is 10.0. The minimum atomic E-state index is -0.554. The van der Waals surface area contributed by atoms with E-state index < -0.39 is 6.10 Å². The molecule has 1 rings (SSSR count). The summed E-state index contributed by atoms with van der Waals surface area (Å²) >= 11 is 3.41. The molecule has 0 spiro atoms. The Morgan fingerprint density at radius 1 is 1.53 bits per heavy atom. The maximum Gasteiger partial charge on any atom is 0.127 e. The van der Waals surface area contributed by atoms with Crippen molar-refractivity contribution in [1.29, 1.82) is 0 Å². The first kappa shape index (κ1) is 12.5. The third kappa shape index (κ3) is 2.93. The molecule has 4 heteroatoms. The summed E-state index contributed by atoms with van der Waals surface area (Å²) in [6, 6.07) is 3.85. The summed E-state index contributed by atoms with van der Waals surface area (Å²) < 4.78 is 6.24. The summed E-state index contributed by atoms with van der Waals surface area (Å²) in [6.45, 7) is 2.46. The fourth-order valence-electron chi connectivity index (χ4n) is 1.59. The predicted molar refractivity (Wildman–Crippen MR) is 64.3 cm³/mol. The van der Waals surface area contributed by atoms with Crippen molar-refractivity contribution in [3.8, 4) is 5.75 Å². The van der Waals surface area contributed by atoms with E-state index in [-0.39, 0.29) is 0 Å². The van der Waals surface area contributed by atoms with Gasteiger partial charge >= 0.3 is 0 Å². The zero-order chi connectivity index (χ0) is 11.4. The number of aryl methyl sites for hydroxylation is 1.